The van der Waals surface area contributed by atoms with Gasteiger partial charge in [0.05, 0.1) is 11.1 Å². The van der Waals surface area contributed by atoms with Crippen LogP contribution >= 0.6 is 0 Å². The van der Waals surface area contributed by atoms with Crippen molar-refractivity contribution < 1.29 is 19.4 Å². The van der Waals surface area contributed by atoms with Crippen LogP contribution in [0.1, 0.15) is 10.4 Å². The number of H-pyrrole nitrogens is 1. The van der Waals surface area contributed by atoms with Gasteiger partial charge >= 0.3 is 5.97 Å². The number of hydrogen-bond donors (Lipinski definition) is 2. The summed E-state index contributed by atoms with van der Waals surface area (Å²) < 4.78 is 10.8. The topological polar surface area (TPSA) is 71.5 Å². The van der Waals surface area contributed by atoms with Crippen molar-refractivity contribution in [1.29, 1.82) is 0 Å². The van der Waals surface area contributed by atoms with Crippen molar-refractivity contribution in [2.75, 3.05) is 13.2 Å². The highest BCUT2D eigenvalue weighted by atomic mass is 16.6. The molecule has 2 N–H and O–H groups in total. The molecule has 0 aliphatic carbocycles. The lowest BCUT2D eigenvalue weighted by Crippen LogP contribution is -2.15. The molecule has 1 aromatic carbocycles. The number of carbonyl (C=O) groups is 1. The molecule has 5 heteroatoms. The number of carboxylic acids is 1. The van der Waals surface area contributed by atoms with Crippen molar-refractivity contribution in [2.45, 2.75) is 0 Å². The van der Waals surface area contributed by atoms with Crippen LogP contribution in [-0.4, -0.2) is 29.3 Å². The normalized spacial score (nSPS) is 14.0. The van der Waals surface area contributed by atoms with Gasteiger partial charge in [-0.25, -0.2) is 4.79 Å². The number of aromatic amines is 1. The van der Waals surface area contributed by atoms with Gasteiger partial charge in [0.2, 0.25) is 0 Å². The van der Waals surface area contributed by atoms with E-state index < -0.39 is 5.97 Å². The van der Waals surface area contributed by atoms with Crippen molar-refractivity contribution in [1.82, 2.24) is 4.98 Å². The van der Waals surface area contributed by atoms with Crippen molar-refractivity contribution in [2.24, 2.45) is 0 Å². The third kappa shape index (κ3) is 1.21. The quantitative estimate of drug-likeness (QED) is 0.764. The van der Waals surface area contributed by atoms with Gasteiger partial charge in [-0.05, 0) is 6.07 Å². The zero-order valence-electron chi connectivity index (χ0n) is 8.32. The molecule has 1 aromatic heterocycles. The Bertz CT molecular complexity index is 573. The van der Waals surface area contributed by atoms with Gasteiger partial charge in [-0.15, -0.1) is 0 Å². The molecule has 0 fully saturated rings. The maximum atomic E-state index is 11.0. The van der Waals surface area contributed by atoms with E-state index in [0.717, 1.165) is 5.52 Å². The molecular formula is C11H9NO4. The van der Waals surface area contributed by atoms with Crippen LogP contribution < -0.4 is 9.47 Å². The summed E-state index contributed by atoms with van der Waals surface area (Å²) in [5.74, 6) is 0.293. The Morgan fingerprint density at radius 2 is 1.94 bits per heavy atom. The highest BCUT2D eigenvalue weighted by molar-refractivity contribution is 6.04. The number of nitrogens with one attached hydrogen (secondary N) is 1. The summed E-state index contributed by atoms with van der Waals surface area (Å²) in [6, 6.07) is 3.46. The van der Waals surface area contributed by atoms with Gasteiger partial charge in [0.1, 0.15) is 13.2 Å². The number of benzene rings is 1. The average molecular weight is 219 g/mol. The van der Waals surface area contributed by atoms with Gasteiger partial charge in [-0.2, -0.15) is 0 Å². The molecule has 0 radical (unpaired) electrons. The summed E-state index contributed by atoms with van der Waals surface area (Å²) in [6.07, 6.45) is 1.47. The fourth-order valence-corrected chi connectivity index (χ4v) is 1.84. The average Bonchev–Trinajstić information content (AvgIpc) is 2.68. The van der Waals surface area contributed by atoms with Gasteiger partial charge < -0.3 is 19.6 Å². The minimum Gasteiger partial charge on any atom is -0.486 e. The van der Waals surface area contributed by atoms with E-state index in [4.69, 9.17) is 14.6 Å². The van der Waals surface area contributed by atoms with Gasteiger partial charge in [0, 0.05) is 17.6 Å². The van der Waals surface area contributed by atoms with Crippen molar-refractivity contribution in [3.05, 3.63) is 23.9 Å². The SMILES string of the molecule is O=C(O)c1c[nH]c2cc3c(cc12)OCCO3. The van der Waals surface area contributed by atoms with Gasteiger partial charge in [-0.1, -0.05) is 0 Å². The number of rotatable bonds is 1. The summed E-state index contributed by atoms with van der Waals surface area (Å²) in [4.78, 5) is 13.9. The summed E-state index contributed by atoms with van der Waals surface area (Å²) in [5, 5.41) is 9.62. The van der Waals surface area contributed by atoms with E-state index >= 15 is 0 Å². The lowest BCUT2D eigenvalue weighted by molar-refractivity contribution is 0.0699. The van der Waals surface area contributed by atoms with E-state index in [0.29, 0.717) is 30.1 Å². The molecular weight excluding hydrogens is 210 g/mol. The number of aromatic nitrogens is 1. The first-order chi connectivity index (χ1) is 7.75. The molecule has 2 heterocycles. The smallest absolute Gasteiger partial charge is 0.337 e. The summed E-state index contributed by atoms with van der Waals surface area (Å²) in [6.45, 7) is 1.01. The van der Waals surface area contributed by atoms with E-state index in [1.54, 1.807) is 12.1 Å². The van der Waals surface area contributed by atoms with Crippen LogP contribution in [0, 0.1) is 0 Å². The molecule has 0 atom stereocenters. The van der Waals surface area contributed by atoms with E-state index in [2.05, 4.69) is 4.98 Å². The van der Waals surface area contributed by atoms with E-state index in [-0.39, 0.29) is 5.56 Å². The Balaban J connectivity index is 2.25. The second kappa shape index (κ2) is 3.16. The second-order valence-electron chi connectivity index (χ2n) is 3.55. The first-order valence-corrected chi connectivity index (χ1v) is 4.90. The number of fused-ring (bicyclic) bond motifs is 2. The predicted molar refractivity (Wildman–Crippen MR) is 56.2 cm³/mol. The molecule has 16 heavy (non-hydrogen) atoms. The molecule has 1 aliphatic rings. The minimum atomic E-state index is -0.956. The molecule has 1 aliphatic heterocycles. The Morgan fingerprint density at radius 1 is 1.25 bits per heavy atom. The lowest BCUT2D eigenvalue weighted by Gasteiger charge is -2.18. The Hall–Kier alpha value is -2.17. The third-order valence-electron chi connectivity index (χ3n) is 2.57. The largest absolute Gasteiger partial charge is 0.486 e. The molecule has 0 amide bonds. The lowest BCUT2D eigenvalue weighted by atomic mass is 10.1. The number of ether oxygens (including phenoxy) is 2. The van der Waals surface area contributed by atoms with E-state index in [1.807, 2.05) is 0 Å². The zero-order chi connectivity index (χ0) is 11.1. The van der Waals surface area contributed by atoms with Crippen LogP contribution in [-0.2, 0) is 0 Å². The van der Waals surface area contributed by atoms with Crippen molar-refractivity contribution in [3.63, 3.8) is 0 Å². The number of aromatic carboxylic acids is 1. The molecule has 0 saturated heterocycles. The van der Waals surface area contributed by atoms with Crippen LogP contribution in [0.25, 0.3) is 10.9 Å². The van der Waals surface area contributed by atoms with Crippen LogP contribution in [0.5, 0.6) is 11.5 Å². The summed E-state index contributed by atoms with van der Waals surface area (Å²) >= 11 is 0. The summed E-state index contributed by atoms with van der Waals surface area (Å²) in [7, 11) is 0. The van der Waals surface area contributed by atoms with Crippen LogP contribution in [0.15, 0.2) is 18.3 Å². The molecule has 5 nitrogen and oxygen atoms in total. The van der Waals surface area contributed by atoms with E-state index in [1.165, 1.54) is 6.20 Å². The minimum absolute atomic E-state index is 0.243. The fourth-order valence-electron chi connectivity index (χ4n) is 1.84. The first-order valence-electron chi connectivity index (χ1n) is 4.90. The monoisotopic (exact) mass is 219 g/mol. The molecule has 0 bridgehead atoms. The second-order valence-corrected chi connectivity index (χ2v) is 3.55. The molecule has 3 rings (SSSR count). The summed E-state index contributed by atoms with van der Waals surface area (Å²) in [5.41, 5.74) is 0.980. The molecule has 0 unspecified atom stereocenters. The van der Waals surface area contributed by atoms with E-state index in [9.17, 15) is 4.79 Å². The molecule has 2 aromatic rings. The standard InChI is InChI=1S/C11H9NO4/c13-11(14)7-5-12-8-4-10-9(3-6(7)8)15-1-2-16-10/h3-5,12H,1-2H2,(H,13,14). The number of hydrogen-bond acceptors (Lipinski definition) is 3. The van der Waals surface area contributed by atoms with Gasteiger partial charge in [-0.3, -0.25) is 0 Å². The molecule has 0 spiro atoms. The van der Waals surface area contributed by atoms with Crippen LogP contribution in [0.4, 0.5) is 0 Å². The Morgan fingerprint density at radius 3 is 2.62 bits per heavy atom. The Kier molecular flexibility index (Phi) is 1.80. The van der Waals surface area contributed by atoms with Crippen LogP contribution in [0.3, 0.4) is 0 Å². The highest BCUT2D eigenvalue weighted by Crippen LogP contribution is 2.35. The highest BCUT2D eigenvalue weighted by Gasteiger charge is 2.17. The fraction of sp³-hybridized carbons (Fsp3) is 0.182. The molecule has 82 valence electrons. The maximum absolute atomic E-state index is 11.0. The maximum Gasteiger partial charge on any atom is 0.337 e. The van der Waals surface area contributed by atoms with Crippen LogP contribution in [0.2, 0.25) is 0 Å². The zero-order valence-corrected chi connectivity index (χ0v) is 8.32. The van der Waals surface area contributed by atoms with Gasteiger partial charge in [0.25, 0.3) is 0 Å². The third-order valence-corrected chi connectivity index (χ3v) is 2.57. The number of carboxylic acid groups (broad SMARTS) is 1. The predicted octanol–water partition coefficient (Wildman–Crippen LogP) is 1.64. The van der Waals surface area contributed by atoms with Gasteiger partial charge in [0.15, 0.2) is 11.5 Å². The van der Waals surface area contributed by atoms with Crippen molar-refractivity contribution >= 4 is 16.9 Å². The Labute approximate surface area is 90.6 Å². The molecule has 0 saturated carbocycles. The first kappa shape index (κ1) is 9.08. The van der Waals surface area contributed by atoms with Crippen molar-refractivity contribution in [3.8, 4) is 11.5 Å².